The summed E-state index contributed by atoms with van der Waals surface area (Å²) in [6.07, 6.45) is 4.87. The van der Waals surface area contributed by atoms with E-state index in [9.17, 15) is 0 Å². The fourth-order valence-electron chi connectivity index (χ4n) is 2.64. The van der Waals surface area contributed by atoms with Crippen molar-refractivity contribution in [2.45, 2.75) is 6.54 Å². The molecule has 0 aliphatic carbocycles. The lowest BCUT2D eigenvalue weighted by molar-refractivity contribution is 0.354. The summed E-state index contributed by atoms with van der Waals surface area (Å²) >= 11 is 0. The lowest BCUT2D eigenvalue weighted by atomic mass is 10.3. The lowest BCUT2D eigenvalue weighted by Crippen LogP contribution is -2.03. The topological polar surface area (TPSA) is 119 Å². The number of methoxy groups -OCH3 is 2. The molecule has 3 aromatic heterocycles. The second-order valence-corrected chi connectivity index (χ2v) is 5.49. The quantitative estimate of drug-likeness (QED) is 0.566. The second-order valence-electron chi connectivity index (χ2n) is 5.49. The van der Waals surface area contributed by atoms with Crippen molar-refractivity contribution in [3.05, 3.63) is 42.6 Å². The van der Waals surface area contributed by atoms with Crippen molar-refractivity contribution in [1.82, 2.24) is 34.7 Å². The monoisotopic (exact) mass is 352 g/mol. The van der Waals surface area contributed by atoms with Gasteiger partial charge in [-0.15, -0.1) is 5.10 Å². The highest BCUT2D eigenvalue weighted by molar-refractivity contribution is 5.84. The van der Waals surface area contributed by atoms with E-state index in [1.54, 1.807) is 29.8 Å². The van der Waals surface area contributed by atoms with Crippen molar-refractivity contribution in [3.63, 3.8) is 0 Å². The Morgan fingerprint density at radius 1 is 1.12 bits per heavy atom. The summed E-state index contributed by atoms with van der Waals surface area (Å²) in [5.74, 6) is 1.67. The molecule has 0 radical (unpaired) electrons. The minimum absolute atomic E-state index is 0.398. The van der Waals surface area contributed by atoms with Gasteiger partial charge in [-0.05, 0) is 12.1 Å². The van der Waals surface area contributed by atoms with Crippen molar-refractivity contribution in [2.75, 3.05) is 20.0 Å². The summed E-state index contributed by atoms with van der Waals surface area (Å²) in [6.45, 7) is 0.410. The number of nitrogens with zero attached hydrogens (tertiary/aromatic N) is 7. The summed E-state index contributed by atoms with van der Waals surface area (Å²) in [7, 11) is 3.18. The maximum absolute atomic E-state index is 5.84. The predicted octanol–water partition coefficient (Wildman–Crippen LogP) is 1.05. The molecule has 4 rings (SSSR count). The summed E-state index contributed by atoms with van der Waals surface area (Å²) in [6, 6.07) is 5.52. The maximum Gasteiger partial charge on any atom is 0.163 e. The number of nitrogen functional groups attached to an aromatic ring is 1. The summed E-state index contributed by atoms with van der Waals surface area (Å²) < 4.78 is 13.9. The molecule has 4 aromatic rings. The molecule has 10 heteroatoms. The molecule has 1 aromatic carbocycles. The molecule has 132 valence electrons. The average Bonchev–Trinajstić information content (AvgIpc) is 3.30. The molecule has 3 heterocycles. The van der Waals surface area contributed by atoms with Gasteiger partial charge in [-0.25, -0.2) is 19.3 Å². The Kier molecular flexibility index (Phi) is 3.84. The lowest BCUT2D eigenvalue weighted by Gasteiger charge is -2.08. The van der Waals surface area contributed by atoms with Crippen molar-refractivity contribution in [2.24, 2.45) is 0 Å². The fraction of sp³-hybridized carbons (Fsp3) is 0.188. The number of ether oxygens (including phenoxy) is 2. The fourth-order valence-corrected chi connectivity index (χ4v) is 2.64. The van der Waals surface area contributed by atoms with Gasteiger partial charge in [-0.3, -0.25) is 0 Å². The third-order valence-electron chi connectivity index (χ3n) is 3.95. The Balaban J connectivity index is 1.63. The Labute approximate surface area is 148 Å². The van der Waals surface area contributed by atoms with Crippen molar-refractivity contribution < 1.29 is 9.47 Å². The van der Waals surface area contributed by atoms with Crippen LogP contribution in [0.25, 0.3) is 16.7 Å². The highest BCUT2D eigenvalue weighted by atomic mass is 16.5. The van der Waals surface area contributed by atoms with Gasteiger partial charge < -0.3 is 15.2 Å². The molecule has 26 heavy (non-hydrogen) atoms. The van der Waals surface area contributed by atoms with Crippen LogP contribution in [-0.2, 0) is 6.54 Å². The van der Waals surface area contributed by atoms with Crippen molar-refractivity contribution in [1.29, 1.82) is 0 Å². The van der Waals surface area contributed by atoms with E-state index in [1.165, 1.54) is 6.33 Å². The van der Waals surface area contributed by atoms with Gasteiger partial charge in [0.25, 0.3) is 0 Å². The SMILES string of the molecule is COc1ccc(-n2cc(Cn3ncc4c(N)ncnc43)nn2)cc1OC. The molecular formula is C16H16N8O2. The molecule has 0 saturated carbocycles. The van der Waals surface area contributed by atoms with Crippen molar-refractivity contribution >= 4 is 16.9 Å². The van der Waals surface area contributed by atoms with Crippen LogP contribution < -0.4 is 15.2 Å². The molecule has 0 fully saturated rings. The largest absolute Gasteiger partial charge is 0.493 e. The Morgan fingerprint density at radius 2 is 1.96 bits per heavy atom. The first-order chi connectivity index (χ1) is 12.7. The van der Waals surface area contributed by atoms with Gasteiger partial charge in [0.1, 0.15) is 17.8 Å². The minimum atomic E-state index is 0.398. The molecular weight excluding hydrogens is 336 g/mol. The van der Waals surface area contributed by atoms with Gasteiger partial charge in [-0.2, -0.15) is 5.10 Å². The van der Waals surface area contributed by atoms with Gasteiger partial charge >= 0.3 is 0 Å². The number of hydrogen-bond acceptors (Lipinski definition) is 8. The van der Waals surface area contributed by atoms with Crippen LogP contribution in [0.4, 0.5) is 5.82 Å². The van der Waals surface area contributed by atoms with Crippen LogP contribution in [-0.4, -0.2) is 49.0 Å². The van der Waals surface area contributed by atoms with E-state index in [2.05, 4.69) is 25.4 Å². The number of hydrogen-bond donors (Lipinski definition) is 1. The smallest absolute Gasteiger partial charge is 0.163 e. The zero-order valence-electron chi connectivity index (χ0n) is 14.2. The van der Waals surface area contributed by atoms with E-state index >= 15 is 0 Å². The number of benzene rings is 1. The van der Waals surface area contributed by atoms with E-state index in [0.717, 1.165) is 11.4 Å². The van der Waals surface area contributed by atoms with Crippen molar-refractivity contribution in [3.8, 4) is 17.2 Å². The standard InChI is InChI=1S/C16H16N8O2/c1-25-13-4-3-11(5-14(13)26-2)23-7-10(21-22-23)8-24-16-12(6-20-24)15(17)18-9-19-16/h3-7,9H,8H2,1-2H3,(H2,17,18,19). The highest BCUT2D eigenvalue weighted by Crippen LogP contribution is 2.28. The molecule has 0 bridgehead atoms. The van der Waals surface area contributed by atoms with E-state index in [1.807, 2.05) is 24.4 Å². The Hall–Kier alpha value is -3.69. The number of anilines is 1. The molecule has 2 N–H and O–H groups in total. The van der Waals surface area contributed by atoms with Crippen LogP contribution in [0, 0.1) is 0 Å². The Morgan fingerprint density at radius 3 is 2.77 bits per heavy atom. The van der Waals surface area contributed by atoms with Gasteiger partial charge in [0.2, 0.25) is 0 Å². The van der Waals surface area contributed by atoms with E-state index in [4.69, 9.17) is 15.2 Å². The third kappa shape index (κ3) is 2.66. The molecule has 0 amide bonds. The Bertz CT molecular complexity index is 1070. The summed E-state index contributed by atoms with van der Waals surface area (Å²) in [4.78, 5) is 8.19. The number of nitrogens with two attached hydrogens (primary N) is 1. The highest BCUT2D eigenvalue weighted by Gasteiger charge is 2.11. The molecule has 0 aliphatic heterocycles. The second kappa shape index (κ2) is 6.31. The van der Waals surface area contributed by atoms with Gasteiger partial charge in [0.15, 0.2) is 17.1 Å². The predicted molar refractivity (Wildman–Crippen MR) is 93.3 cm³/mol. The molecule has 0 saturated heterocycles. The van der Waals surface area contributed by atoms with Gasteiger partial charge in [0, 0.05) is 6.07 Å². The average molecular weight is 352 g/mol. The first kappa shape index (κ1) is 15.8. The zero-order chi connectivity index (χ0) is 18.1. The molecule has 0 aliphatic rings. The molecule has 0 atom stereocenters. The number of rotatable bonds is 5. The minimum Gasteiger partial charge on any atom is -0.493 e. The van der Waals surface area contributed by atoms with Crippen LogP contribution in [0.15, 0.2) is 36.9 Å². The summed E-state index contributed by atoms with van der Waals surface area (Å²) in [5.41, 5.74) is 8.01. The number of fused-ring (bicyclic) bond motifs is 1. The van der Waals surface area contributed by atoms with Crippen LogP contribution in [0.1, 0.15) is 5.69 Å². The van der Waals surface area contributed by atoms with Crippen LogP contribution in [0.5, 0.6) is 11.5 Å². The van der Waals surface area contributed by atoms with Crippen LogP contribution in [0.3, 0.4) is 0 Å². The first-order valence-corrected chi connectivity index (χ1v) is 7.75. The van der Waals surface area contributed by atoms with Gasteiger partial charge in [-0.1, -0.05) is 5.21 Å². The first-order valence-electron chi connectivity index (χ1n) is 7.75. The van der Waals surface area contributed by atoms with Crippen LogP contribution >= 0.6 is 0 Å². The van der Waals surface area contributed by atoms with Crippen LogP contribution in [0.2, 0.25) is 0 Å². The van der Waals surface area contributed by atoms with Gasteiger partial charge in [0.05, 0.1) is 44.2 Å². The normalized spacial score (nSPS) is 11.0. The molecule has 10 nitrogen and oxygen atoms in total. The third-order valence-corrected chi connectivity index (χ3v) is 3.95. The zero-order valence-corrected chi connectivity index (χ0v) is 14.2. The maximum atomic E-state index is 5.84. The molecule has 0 spiro atoms. The number of aromatic nitrogens is 7. The van der Waals surface area contributed by atoms with E-state index in [-0.39, 0.29) is 0 Å². The van der Waals surface area contributed by atoms with E-state index in [0.29, 0.717) is 34.9 Å². The summed E-state index contributed by atoms with van der Waals surface area (Å²) in [5, 5.41) is 13.4. The molecule has 0 unspecified atom stereocenters. The van der Waals surface area contributed by atoms with E-state index < -0.39 is 0 Å².